The summed E-state index contributed by atoms with van der Waals surface area (Å²) in [4.78, 5) is 17.1. The van der Waals surface area contributed by atoms with Gasteiger partial charge in [0, 0.05) is 38.4 Å². The Kier molecular flexibility index (Phi) is 5.84. The van der Waals surface area contributed by atoms with E-state index in [1.165, 1.54) is 0 Å². The van der Waals surface area contributed by atoms with Crippen molar-refractivity contribution in [2.75, 3.05) is 43.6 Å². The van der Waals surface area contributed by atoms with Gasteiger partial charge in [-0.1, -0.05) is 30.3 Å². The largest absolute Gasteiger partial charge is 0.490 e. The first-order valence-electron chi connectivity index (χ1n) is 9.55. The highest BCUT2D eigenvalue weighted by Gasteiger charge is 2.31. The number of ether oxygens (including phenoxy) is 1. The zero-order valence-corrected chi connectivity index (χ0v) is 16.6. The maximum absolute atomic E-state index is 12.8. The van der Waals surface area contributed by atoms with Crippen LogP contribution in [0.2, 0.25) is 0 Å². The molecule has 0 radical (unpaired) electrons. The van der Waals surface area contributed by atoms with Crippen molar-refractivity contribution in [3.63, 3.8) is 0 Å². The quantitative estimate of drug-likeness (QED) is 0.684. The molecule has 142 valence electrons. The molecule has 4 nitrogen and oxygen atoms in total. The summed E-state index contributed by atoms with van der Waals surface area (Å²) in [5, 5.41) is 0. The second kappa shape index (κ2) is 8.30. The van der Waals surface area contributed by atoms with E-state index < -0.39 is 0 Å². The molecule has 4 heteroatoms. The number of ketones is 1. The predicted octanol–water partition coefficient (Wildman–Crippen LogP) is 4.36. The molecule has 0 amide bonds. The van der Waals surface area contributed by atoms with Gasteiger partial charge in [0.1, 0.15) is 12.4 Å². The van der Waals surface area contributed by atoms with E-state index in [0.29, 0.717) is 6.61 Å². The van der Waals surface area contributed by atoms with Crippen LogP contribution in [0.5, 0.6) is 5.75 Å². The Morgan fingerprint density at radius 3 is 2.44 bits per heavy atom. The molecule has 1 atom stereocenters. The number of hydrogen-bond acceptors (Lipinski definition) is 4. The van der Waals surface area contributed by atoms with Crippen molar-refractivity contribution in [3.8, 4) is 5.75 Å². The Morgan fingerprint density at radius 1 is 1.11 bits per heavy atom. The van der Waals surface area contributed by atoms with Crippen LogP contribution in [-0.2, 0) is 4.79 Å². The molecule has 1 aliphatic heterocycles. The third-order valence-corrected chi connectivity index (χ3v) is 5.09. The first kappa shape index (κ1) is 19.0. The summed E-state index contributed by atoms with van der Waals surface area (Å²) in [6.07, 6.45) is 3.56. The fourth-order valence-corrected chi connectivity index (χ4v) is 3.46. The molecule has 2 aromatic rings. The van der Waals surface area contributed by atoms with E-state index in [1.54, 1.807) is 6.08 Å². The lowest BCUT2D eigenvalue weighted by Gasteiger charge is -2.23. The van der Waals surface area contributed by atoms with E-state index in [2.05, 4.69) is 41.8 Å². The number of para-hydroxylation sites is 1. The lowest BCUT2D eigenvalue weighted by Crippen LogP contribution is -2.22. The summed E-state index contributed by atoms with van der Waals surface area (Å²) in [7, 11) is 4.02. The molecule has 2 aromatic carbocycles. The molecule has 0 saturated carbocycles. The maximum atomic E-state index is 12.8. The maximum Gasteiger partial charge on any atom is 0.166 e. The van der Waals surface area contributed by atoms with Gasteiger partial charge in [0.2, 0.25) is 0 Å². The van der Waals surface area contributed by atoms with Crippen molar-refractivity contribution in [2.45, 2.75) is 19.8 Å². The molecule has 1 aliphatic rings. The summed E-state index contributed by atoms with van der Waals surface area (Å²) in [6, 6.07) is 14.2. The number of hydrogen-bond donors (Lipinski definition) is 0. The molecular formula is C23H28N2O2. The molecule has 0 aromatic heterocycles. The zero-order chi connectivity index (χ0) is 19.4. The zero-order valence-electron chi connectivity index (χ0n) is 16.6. The molecule has 0 spiro atoms. The highest BCUT2D eigenvalue weighted by molar-refractivity contribution is 6.00. The smallest absolute Gasteiger partial charge is 0.166 e. The molecule has 0 saturated heterocycles. The summed E-state index contributed by atoms with van der Waals surface area (Å²) < 4.78 is 5.94. The van der Waals surface area contributed by atoms with E-state index in [0.717, 1.165) is 41.3 Å². The van der Waals surface area contributed by atoms with Gasteiger partial charge >= 0.3 is 0 Å². The fraction of sp³-hybridized carbons (Fsp3) is 0.348. The fourth-order valence-electron chi connectivity index (χ4n) is 3.46. The molecule has 0 bridgehead atoms. The van der Waals surface area contributed by atoms with E-state index in [9.17, 15) is 4.79 Å². The van der Waals surface area contributed by atoms with E-state index in [-0.39, 0.29) is 11.7 Å². The molecular weight excluding hydrogens is 336 g/mol. The van der Waals surface area contributed by atoms with Gasteiger partial charge < -0.3 is 14.5 Å². The van der Waals surface area contributed by atoms with Gasteiger partial charge in [-0.15, -0.1) is 0 Å². The van der Waals surface area contributed by atoms with Gasteiger partial charge in [-0.25, -0.2) is 0 Å². The van der Waals surface area contributed by atoms with Gasteiger partial charge in [-0.3, -0.25) is 4.79 Å². The highest BCUT2D eigenvalue weighted by Crippen LogP contribution is 2.42. The second-order valence-electron chi connectivity index (χ2n) is 6.95. The Morgan fingerprint density at radius 2 is 1.81 bits per heavy atom. The number of benzene rings is 2. The van der Waals surface area contributed by atoms with Crippen molar-refractivity contribution >= 4 is 23.2 Å². The summed E-state index contributed by atoms with van der Waals surface area (Å²) >= 11 is 0. The minimum Gasteiger partial charge on any atom is -0.490 e. The molecule has 0 fully saturated rings. The Balaban J connectivity index is 1.77. The monoisotopic (exact) mass is 364 g/mol. The topological polar surface area (TPSA) is 32.8 Å². The number of allylic oxidation sites excluding steroid dienone is 1. The summed E-state index contributed by atoms with van der Waals surface area (Å²) in [6.45, 7) is 6.50. The minimum atomic E-state index is -0.229. The van der Waals surface area contributed by atoms with Gasteiger partial charge in [0.25, 0.3) is 0 Å². The number of fused-ring (bicyclic) bond motifs is 1. The normalized spacial score (nSPS) is 15.5. The average Bonchev–Trinajstić information content (AvgIpc) is 3.12. The Bertz CT molecular complexity index is 821. The van der Waals surface area contributed by atoms with Gasteiger partial charge in [0.15, 0.2) is 5.78 Å². The van der Waals surface area contributed by atoms with Crippen LogP contribution in [0.4, 0.5) is 11.4 Å². The molecule has 27 heavy (non-hydrogen) atoms. The van der Waals surface area contributed by atoms with E-state index >= 15 is 0 Å². The van der Waals surface area contributed by atoms with Crippen molar-refractivity contribution in [3.05, 3.63) is 59.7 Å². The van der Waals surface area contributed by atoms with Crippen LogP contribution < -0.4 is 14.5 Å². The summed E-state index contributed by atoms with van der Waals surface area (Å²) in [5.41, 5.74) is 4.23. The minimum absolute atomic E-state index is 0.0853. The lowest BCUT2D eigenvalue weighted by atomic mass is 9.95. The third-order valence-electron chi connectivity index (χ3n) is 5.09. The van der Waals surface area contributed by atoms with Crippen molar-refractivity contribution in [1.29, 1.82) is 0 Å². The average molecular weight is 364 g/mol. The standard InChI is InChI=1S/C23H28N2O2/c1-5-25(6-2)21-9-7-8-19-20(16-27-23(19)21)22(26)15-12-17-10-13-18(14-11-17)24(3)4/h7-15,20H,5-6,16H2,1-4H3. The number of rotatable bonds is 7. The first-order valence-corrected chi connectivity index (χ1v) is 9.55. The van der Waals surface area contributed by atoms with Crippen LogP contribution in [0.3, 0.4) is 0 Å². The molecule has 0 aliphatic carbocycles. The predicted molar refractivity (Wildman–Crippen MR) is 113 cm³/mol. The van der Waals surface area contributed by atoms with Gasteiger partial charge in [-0.05, 0) is 43.7 Å². The van der Waals surface area contributed by atoms with Crippen molar-refractivity contribution in [1.82, 2.24) is 0 Å². The Hall–Kier alpha value is -2.75. The summed E-state index contributed by atoms with van der Waals surface area (Å²) in [5.74, 6) is 0.721. The van der Waals surface area contributed by atoms with Crippen LogP contribution in [0.1, 0.15) is 30.9 Å². The van der Waals surface area contributed by atoms with Gasteiger partial charge in [0.05, 0.1) is 11.6 Å². The van der Waals surface area contributed by atoms with Crippen molar-refractivity contribution in [2.24, 2.45) is 0 Å². The van der Waals surface area contributed by atoms with Gasteiger partial charge in [-0.2, -0.15) is 0 Å². The Labute approximate surface area is 162 Å². The van der Waals surface area contributed by atoms with E-state index in [4.69, 9.17) is 4.74 Å². The van der Waals surface area contributed by atoms with Crippen molar-refractivity contribution < 1.29 is 9.53 Å². The van der Waals surface area contributed by atoms with E-state index in [1.807, 2.05) is 44.4 Å². The lowest BCUT2D eigenvalue weighted by molar-refractivity contribution is -0.116. The van der Waals surface area contributed by atoms with Crippen LogP contribution in [-0.4, -0.2) is 39.6 Å². The molecule has 1 unspecified atom stereocenters. The molecule has 1 heterocycles. The first-order chi connectivity index (χ1) is 13.0. The number of carbonyl (C=O) groups excluding carboxylic acids is 1. The van der Waals surface area contributed by atoms with Crippen LogP contribution in [0.25, 0.3) is 6.08 Å². The highest BCUT2D eigenvalue weighted by atomic mass is 16.5. The van der Waals surface area contributed by atoms with Crippen LogP contribution in [0.15, 0.2) is 48.5 Å². The number of anilines is 2. The SMILES string of the molecule is CCN(CC)c1cccc2c1OCC2C(=O)C=Cc1ccc(N(C)C)cc1. The van der Waals surface area contributed by atoms with Crippen LogP contribution in [0, 0.1) is 0 Å². The second-order valence-corrected chi connectivity index (χ2v) is 6.95. The number of carbonyl (C=O) groups is 1. The number of nitrogens with zero attached hydrogens (tertiary/aromatic N) is 2. The third kappa shape index (κ3) is 4.00. The molecule has 0 N–H and O–H groups in total. The van der Waals surface area contributed by atoms with Crippen LogP contribution >= 0.6 is 0 Å². The molecule has 3 rings (SSSR count).